The molecule has 1 N–H and O–H groups in total. The number of nitrogens with one attached hydrogen (secondary N) is 1. The minimum Gasteiger partial charge on any atom is -0.313 e. The Kier molecular flexibility index (Phi) is 6.43. The van der Waals surface area contributed by atoms with E-state index < -0.39 is 0 Å². The molecule has 0 fully saturated rings. The van der Waals surface area contributed by atoms with Crippen LogP contribution in [0, 0.1) is 0 Å². The number of benzene rings is 2. The van der Waals surface area contributed by atoms with Gasteiger partial charge in [-0.25, -0.2) is 0 Å². The van der Waals surface area contributed by atoms with Crippen molar-refractivity contribution in [2.45, 2.75) is 29.7 Å². The molecule has 0 saturated carbocycles. The van der Waals surface area contributed by atoms with E-state index >= 15 is 0 Å². The third kappa shape index (κ3) is 4.81. The molecule has 0 atom stereocenters. The van der Waals surface area contributed by atoms with Crippen LogP contribution < -0.4 is 5.32 Å². The van der Waals surface area contributed by atoms with E-state index in [2.05, 4.69) is 52.4 Å². The normalized spacial score (nSPS) is 10.8. The van der Waals surface area contributed by atoms with Crippen LogP contribution in [0.3, 0.4) is 0 Å². The molecular formula is C16H17BrClNS. The van der Waals surface area contributed by atoms with Gasteiger partial charge in [0.2, 0.25) is 0 Å². The summed E-state index contributed by atoms with van der Waals surface area (Å²) in [6, 6.07) is 14.5. The van der Waals surface area contributed by atoms with Crippen molar-refractivity contribution < 1.29 is 0 Å². The summed E-state index contributed by atoms with van der Waals surface area (Å²) in [4.78, 5) is 2.27. The summed E-state index contributed by atoms with van der Waals surface area (Å²) < 4.78 is 1.08. The first-order valence-electron chi connectivity index (χ1n) is 6.61. The van der Waals surface area contributed by atoms with E-state index in [9.17, 15) is 0 Å². The van der Waals surface area contributed by atoms with Crippen molar-refractivity contribution in [3.63, 3.8) is 0 Å². The van der Waals surface area contributed by atoms with Crippen molar-refractivity contribution in [2.24, 2.45) is 0 Å². The van der Waals surface area contributed by atoms with Crippen molar-refractivity contribution in [2.75, 3.05) is 6.54 Å². The van der Waals surface area contributed by atoms with Gasteiger partial charge in [-0.05, 0) is 48.9 Å². The summed E-state index contributed by atoms with van der Waals surface area (Å²) in [6.45, 7) is 4.07. The number of hydrogen-bond acceptors (Lipinski definition) is 2. The van der Waals surface area contributed by atoms with E-state index in [1.54, 1.807) is 11.8 Å². The maximum Gasteiger partial charge on any atom is 0.0548 e. The number of hydrogen-bond donors (Lipinski definition) is 1. The Morgan fingerprint density at radius 1 is 1.20 bits per heavy atom. The minimum atomic E-state index is 0.811. The number of rotatable bonds is 6. The van der Waals surface area contributed by atoms with Crippen LogP contribution in [0.1, 0.15) is 18.9 Å². The smallest absolute Gasteiger partial charge is 0.0548 e. The lowest BCUT2D eigenvalue weighted by molar-refractivity contribution is 0.675. The third-order valence-corrected chi connectivity index (χ3v) is 4.76. The van der Waals surface area contributed by atoms with Gasteiger partial charge in [-0.3, -0.25) is 0 Å². The predicted molar refractivity (Wildman–Crippen MR) is 91.7 cm³/mol. The van der Waals surface area contributed by atoms with Gasteiger partial charge in [0.15, 0.2) is 0 Å². The third-order valence-electron chi connectivity index (χ3n) is 2.78. The van der Waals surface area contributed by atoms with Gasteiger partial charge < -0.3 is 5.32 Å². The van der Waals surface area contributed by atoms with E-state index in [1.165, 1.54) is 10.5 Å². The summed E-state index contributed by atoms with van der Waals surface area (Å²) >= 11 is 11.5. The van der Waals surface area contributed by atoms with Gasteiger partial charge in [-0.2, -0.15) is 0 Å². The Balaban J connectivity index is 2.06. The molecule has 0 saturated heterocycles. The molecule has 0 radical (unpaired) electrons. The first kappa shape index (κ1) is 15.9. The van der Waals surface area contributed by atoms with Crippen LogP contribution in [-0.2, 0) is 6.54 Å². The molecule has 0 heterocycles. The zero-order chi connectivity index (χ0) is 14.4. The first-order valence-corrected chi connectivity index (χ1v) is 8.60. The van der Waals surface area contributed by atoms with E-state index in [0.29, 0.717) is 0 Å². The summed E-state index contributed by atoms with van der Waals surface area (Å²) in [5, 5.41) is 4.19. The van der Waals surface area contributed by atoms with Crippen LogP contribution in [0.5, 0.6) is 0 Å². The summed E-state index contributed by atoms with van der Waals surface area (Å²) in [6.07, 6.45) is 1.14. The molecule has 0 spiro atoms. The molecule has 1 nitrogen and oxygen atoms in total. The Labute approximate surface area is 138 Å². The van der Waals surface area contributed by atoms with Crippen molar-refractivity contribution in [3.05, 3.63) is 57.5 Å². The first-order chi connectivity index (χ1) is 9.69. The zero-order valence-corrected chi connectivity index (χ0v) is 14.5. The van der Waals surface area contributed by atoms with E-state index in [1.807, 2.05) is 18.2 Å². The maximum atomic E-state index is 6.37. The second kappa shape index (κ2) is 8.08. The van der Waals surface area contributed by atoms with Crippen LogP contribution >= 0.6 is 39.3 Å². The molecule has 0 aromatic heterocycles. The average molecular weight is 371 g/mol. The highest BCUT2D eigenvalue weighted by Gasteiger charge is 2.04. The van der Waals surface area contributed by atoms with Crippen molar-refractivity contribution in [3.8, 4) is 0 Å². The standard InChI is InChI=1S/C16H17BrClNS/c1-2-8-19-11-12-6-7-16(15(18)9-12)20-14-5-3-4-13(17)10-14/h3-7,9-10,19H,2,8,11H2,1H3. The summed E-state index contributed by atoms with van der Waals surface area (Å²) in [7, 11) is 0. The quantitative estimate of drug-likeness (QED) is 0.649. The van der Waals surface area contributed by atoms with Crippen LogP contribution in [0.2, 0.25) is 5.02 Å². The van der Waals surface area contributed by atoms with Gasteiger partial charge >= 0.3 is 0 Å². The van der Waals surface area contributed by atoms with Gasteiger partial charge in [-0.1, -0.05) is 58.3 Å². The second-order valence-electron chi connectivity index (χ2n) is 4.50. The molecule has 0 aliphatic heterocycles. The number of halogens is 2. The van der Waals surface area contributed by atoms with E-state index in [0.717, 1.165) is 33.9 Å². The Morgan fingerprint density at radius 3 is 2.75 bits per heavy atom. The summed E-state index contributed by atoms with van der Waals surface area (Å²) in [5.74, 6) is 0. The van der Waals surface area contributed by atoms with Crippen molar-refractivity contribution in [1.29, 1.82) is 0 Å². The van der Waals surface area contributed by atoms with E-state index in [4.69, 9.17) is 11.6 Å². The highest BCUT2D eigenvalue weighted by Crippen LogP contribution is 2.34. The lowest BCUT2D eigenvalue weighted by Gasteiger charge is -2.08. The Hall–Kier alpha value is -0.480. The topological polar surface area (TPSA) is 12.0 Å². The molecule has 0 aliphatic carbocycles. The Bertz CT molecular complexity index is 574. The fraction of sp³-hybridized carbons (Fsp3) is 0.250. The molecule has 0 unspecified atom stereocenters. The molecule has 0 aliphatic rings. The Morgan fingerprint density at radius 2 is 2.05 bits per heavy atom. The van der Waals surface area contributed by atoms with Crippen LogP contribution in [-0.4, -0.2) is 6.54 Å². The highest BCUT2D eigenvalue weighted by molar-refractivity contribution is 9.10. The van der Waals surface area contributed by atoms with Crippen LogP contribution in [0.15, 0.2) is 56.7 Å². The average Bonchev–Trinajstić information content (AvgIpc) is 2.42. The van der Waals surface area contributed by atoms with Gasteiger partial charge in [-0.15, -0.1) is 0 Å². The van der Waals surface area contributed by atoms with Gasteiger partial charge in [0, 0.05) is 20.8 Å². The molecule has 2 aromatic carbocycles. The summed E-state index contributed by atoms with van der Waals surface area (Å²) in [5.41, 5.74) is 1.22. The molecule has 2 aromatic rings. The molecule has 0 bridgehead atoms. The van der Waals surface area contributed by atoms with Crippen molar-refractivity contribution >= 4 is 39.3 Å². The SMILES string of the molecule is CCCNCc1ccc(Sc2cccc(Br)c2)c(Cl)c1. The molecule has 4 heteroatoms. The monoisotopic (exact) mass is 369 g/mol. The fourth-order valence-corrected chi connectivity index (χ4v) is 3.55. The van der Waals surface area contributed by atoms with Crippen LogP contribution in [0.4, 0.5) is 0 Å². The predicted octanol–water partition coefficient (Wildman–Crippen LogP) is 5.75. The van der Waals surface area contributed by atoms with Crippen molar-refractivity contribution in [1.82, 2.24) is 5.32 Å². The molecule has 20 heavy (non-hydrogen) atoms. The largest absolute Gasteiger partial charge is 0.313 e. The lowest BCUT2D eigenvalue weighted by atomic mass is 10.2. The molecule has 0 amide bonds. The molecular weight excluding hydrogens is 354 g/mol. The van der Waals surface area contributed by atoms with Gasteiger partial charge in [0.1, 0.15) is 0 Å². The second-order valence-corrected chi connectivity index (χ2v) is 6.94. The minimum absolute atomic E-state index is 0.811. The highest BCUT2D eigenvalue weighted by atomic mass is 79.9. The molecule has 106 valence electrons. The van der Waals surface area contributed by atoms with E-state index in [-0.39, 0.29) is 0 Å². The fourth-order valence-electron chi connectivity index (χ4n) is 1.80. The van der Waals surface area contributed by atoms with Crippen LogP contribution in [0.25, 0.3) is 0 Å². The maximum absolute atomic E-state index is 6.37. The van der Waals surface area contributed by atoms with Gasteiger partial charge in [0.25, 0.3) is 0 Å². The molecule has 2 rings (SSSR count). The van der Waals surface area contributed by atoms with Gasteiger partial charge in [0.05, 0.1) is 5.02 Å². The zero-order valence-electron chi connectivity index (χ0n) is 11.3. The lowest BCUT2D eigenvalue weighted by Crippen LogP contribution is -2.13.